The third-order valence-electron chi connectivity index (χ3n) is 3.03. The Morgan fingerprint density at radius 2 is 1.95 bits per heavy atom. The van der Waals surface area contributed by atoms with E-state index in [9.17, 15) is 9.90 Å². The highest BCUT2D eigenvalue weighted by Gasteiger charge is 2.09. The van der Waals surface area contributed by atoms with Gasteiger partial charge in [0.2, 0.25) is 0 Å². The van der Waals surface area contributed by atoms with Crippen LogP contribution >= 0.6 is 0 Å². The van der Waals surface area contributed by atoms with Crippen LogP contribution in [0.4, 0.5) is 4.79 Å². The molecule has 20 heavy (non-hydrogen) atoms. The highest BCUT2D eigenvalue weighted by atomic mass is 16.3. The summed E-state index contributed by atoms with van der Waals surface area (Å²) < 4.78 is 0. The standard InChI is InChI=1S/C15H21N3O2/c1-11(2)14(19)7-8-17-15(20)18-10-13-5-3-12(9-16)4-6-13/h3-6,11,14,19H,7-8,10H2,1-2H3,(H2,17,18,20). The molecule has 0 aliphatic heterocycles. The Balaban J connectivity index is 2.24. The third kappa shape index (κ3) is 5.72. The second-order valence-electron chi connectivity index (χ2n) is 5.02. The van der Waals surface area contributed by atoms with E-state index in [0.717, 1.165) is 5.56 Å². The number of benzene rings is 1. The van der Waals surface area contributed by atoms with Crippen LogP contribution in [0.15, 0.2) is 24.3 Å². The molecule has 0 saturated heterocycles. The van der Waals surface area contributed by atoms with Gasteiger partial charge in [0.15, 0.2) is 0 Å². The molecule has 0 fully saturated rings. The Hall–Kier alpha value is -2.06. The first-order chi connectivity index (χ1) is 9.52. The molecule has 1 rings (SSSR count). The fraction of sp³-hybridized carbons (Fsp3) is 0.467. The van der Waals surface area contributed by atoms with Crippen molar-refractivity contribution in [2.75, 3.05) is 6.54 Å². The van der Waals surface area contributed by atoms with E-state index in [1.807, 2.05) is 19.9 Å². The van der Waals surface area contributed by atoms with Crippen LogP contribution in [-0.4, -0.2) is 23.8 Å². The van der Waals surface area contributed by atoms with Gasteiger partial charge in [-0.3, -0.25) is 0 Å². The number of aliphatic hydroxyl groups is 1. The van der Waals surface area contributed by atoms with Crippen molar-refractivity contribution in [3.05, 3.63) is 35.4 Å². The van der Waals surface area contributed by atoms with Crippen molar-refractivity contribution in [2.45, 2.75) is 32.9 Å². The summed E-state index contributed by atoms with van der Waals surface area (Å²) in [5.41, 5.74) is 1.53. The molecular weight excluding hydrogens is 254 g/mol. The molecule has 1 aromatic rings. The van der Waals surface area contributed by atoms with E-state index < -0.39 is 6.10 Å². The lowest BCUT2D eigenvalue weighted by molar-refractivity contribution is 0.116. The van der Waals surface area contributed by atoms with E-state index in [2.05, 4.69) is 10.6 Å². The number of nitrogens with one attached hydrogen (secondary N) is 2. The van der Waals surface area contributed by atoms with Gasteiger partial charge in [0.05, 0.1) is 17.7 Å². The number of hydrogen-bond acceptors (Lipinski definition) is 3. The zero-order valence-electron chi connectivity index (χ0n) is 11.9. The number of carbonyl (C=O) groups excluding carboxylic acids is 1. The molecule has 1 unspecified atom stereocenters. The summed E-state index contributed by atoms with van der Waals surface area (Å²) in [6.07, 6.45) is 0.149. The summed E-state index contributed by atoms with van der Waals surface area (Å²) in [6, 6.07) is 8.83. The molecule has 0 aliphatic rings. The van der Waals surface area contributed by atoms with Crippen molar-refractivity contribution < 1.29 is 9.90 Å². The summed E-state index contributed by atoms with van der Waals surface area (Å²) in [5.74, 6) is 0.193. The maximum Gasteiger partial charge on any atom is 0.315 e. The smallest absolute Gasteiger partial charge is 0.315 e. The zero-order chi connectivity index (χ0) is 15.0. The Morgan fingerprint density at radius 1 is 1.30 bits per heavy atom. The zero-order valence-corrected chi connectivity index (χ0v) is 11.9. The molecule has 1 aromatic carbocycles. The number of rotatable bonds is 6. The number of hydrogen-bond donors (Lipinski definition) is 3. The van der Waals surface area contributed by atoms with Gasteiger partial charge in [-0.1, -0.05) is 26.0 Å². The van der Waals surface area contributed by atoms with Crippen molar-refractivity contribution in [3.8, 4) is 6.07 Å². The second-order valence-corrected chi connectivity index (χ2v) is 5.02. The monoisotopic (exact) mass is 275 g/mol. The number of nitriles is 1. The first kappa shape index (κ1) is 16.0. The number of urea groups is 1. The average Bonchev–Trinajstić information content (AvgIpc) is 2.45. The number of amides is 2. The Kier molecular flexibility index (Phi) is 6.54. The van der Waals surface area contributed by atoms with Crippen molar-refractivity contribution in [3.63, 3.8) is 0 Å². The first-order valence-corrected chi connectivity index (χ1v) is 6.71. The minimum Gasteiger partial charge on any atom is -0.393 e. The van der Waals surface area contributed by atoms with Gasteiger partial charge >= 0.3 is 6.03 Å². The van der Waals surface area contributed by atoms with Crippen LogP contribution in [-0.2, 0) is 6.54 Å². The van der Waals surface area contributed by atoms with Gasteiger partial charge in [-0.05, 0) is 30.0 Å². The predicted octanol–water partition coefficient (Wildman–Crippen LogP) is 1.76. The van der Waals surface area contributed by atoms with Crippen molar-refractivity contribution in [1.82, 2.24) is 10.6 Å². The number of nitrogens with zero attached hydrogens (tertiary/aromatic N) is 1. The van der Waals surface area contributed by atoms with Crippen LogP contribution in [0.5, 0.6) is 0 Å². The summed E-state index contributed by atoms with van der Waals surface area (Å²) >= 11 is 0. The third-order valence-corrected chi connectivity index (χ3v) is 3.03. The number of carbonyl (C=O) groups is 1. The van der Waals surface area contributed by atoms with Crippen LogP contribution in [0, 0.1) is 17.2 Å². The van der Waals surface area contributed by atoms with Crippen molar-refractivity contribution in [2.24, 2.45) is 5.92 Å². The molecule has 0 radical (unpaired) electrons. The molecular formula is C15H21N3O2. The molecule has 0 spiro atoms. The van der Waals surface area contributed by atoms with E-state index >= 15 is 0 Å². The van der Waals surface area contributed by atoms with E-state index in [0.29, 0.717) is 25.1 Å². The lowest BCUT2D eigenvalue weighted by atomic mass is 10.0. The Labute approximate surface area is 119 Å². The highest BCUT2D eigenvalue weighted by molar-refractivity contribution is 5.73. The van der Waals surface area contributed by atoms with Crippen molar-refractivity contribution >= 4 is 6.03 Å². The van der Waals surface area contributed by atoms with Gasteiger partial charge in [0.25, 0.3) is 0 Å². The van der Waals surface area contributed by atoms with Gasteiger partial charge in [-0.15, -0.1) is 0 Å². The molecule has 1 atom stereocenters. The van der Waals surface area contributed by atoms with Crippen LogP contribution in [0.2, 0.25) is 0 Å². The van der Waals surface area contributed by atoms with Crippen LogP contribution in [0.25, 0.3) is 0 Å². The van der Waals surface area contributed by atoms with Gasteiger partial charge < -0.3 is 15.7 Å². The normalized spacial score (nSPS) is 11.8. The summed E-state index contributed by atoms with van der Waals surface area (Å²) in [7, 11) is 0. The van der Waals surface area contributed by atoms with E-state index in [4.69, 9.17) is 5.26 Å². The minimum absolute atomic E-state index is 0.193. The summed E-state index contributed by atoms with van der Waals surface area (Å²) in [4.78, 5) is 11.5. The molecule has 5 heteroatoms. The summed E-state index contributed by atoms with van der Waals surface area (Å²) in [6.45, 7) is 4.73. The van der Waals surface area contributed by atoms with Gasteiger partial charge in [-0.2, -0.15) is 5.26 Å². The van der Waals surface area contributed by atoms with Gasteiger partial charge in [0, 0.05) is 13.1 Å². The maximum absolute atomic E-state index is 11.5. The molecule has 0 saturated carbocycles. The predicted molar refractivity (Wildman–Crippen MR) is 76.9 cm³/mol. The molecule has 2 amide bonds. The SMILES string of the molecule is CC(C)C(O)CCNC(=O)NCc1ccc(C#N)cc1. The lowest BCUT2D eigenvalue weighted by Crippen LogP contribution is -2.37. The fourth-order valence-electron chi connectivity index (χ4n) is 1.61. The molecule has 0 bridgehead atoms. The molecule has 0 heterocycles. The van der Waals surface area contributed by atoms with E-state index in [-0.39, 0.29) is 11.9 Å². The molecule has 0 aromatic heterocycles. The Morgan fingerprint density at radius 3 is 2.50 bits per heavy atom. The second kappa shape index (κ2) is 8.18. The quantitative estimate of drug-likeness (QED) is 0.739. The van der Waals surface area contributed by atoms with Crippen molar-refractivity contribution in [1.29, 1.82) is 5.26 Å². The van der Waals surface area contributed by atoms with Gasteiger partial charge in [0.1, 0.15) is 0 Å². The fourth-order valence-corrected chi connectivity index (χ4v) is 1.61. The van der Waals surface area contributed by atoms with E-state index in [1.165, 1.54) is 0 Å². The Bertz CT molecular complexity index is 463. The molecule has 3 N–H and O–H groups in total. The van der Waals surface area contributed by atoms with Crippen LogP contribution in [0.3, 0.4) is 0 Å². The van der Waals surface area contributed by atoms with E-state index in [1.54, 1.807) is 24.3 Å². The highest BCUT2D eigenvalue weighted by Crippen LogP contribution is 2.04. The topological polar surface area (TPSA) is 85.2 Å². The van der Waals surface area contributed by atoms with Crippen LogP contribution in [0.1, 0.15) is 31.4 Å². The summed E-state index contributed by atoms with van der Waals surface area (Å²) in [5, 5.41) is 23.7. The molecule has 5 nitrogen and oxygen atoms in total. The first-order valence-electron chi connectivity index (χ1n) is 6.71. The molecule has 0 aliphatic carbocycles. The van der Waals surface area contributed by atoms with Gasteiger partial charge in [-0.25, -0.2) is 4.79 Å². The maximum atomic E-state index is 11.5. The average molecular weight is 275 g/mol. The largest absolute Gasteiger partial charge is 0.393 e. The molecule has 108 valence electrons. The number of aliphatic hydroxyl groups excluding tert-OH is 1. The lowest BCUT2D eigenvalue weighted by Gasteiger charge is -2.14. The van der Waals surface area contributed by atoms with Crippen LogP contribution < -0.4 is 10.6 Å². The minimum atomic E-state index is -0.395.